The summed E-state index contributed by atoms with van der Waals surface area (Å²) in [4.78, 5) is 0.869. The molecule has 1 aromatic carbocycles. The van der Waals surface area contributed by atoms with Crippen LogP contribution in [0.15, 0.2) is 24.3 Å². The van der Waals surface area contributed by atoms with Crippen LogP contribution in [0.2, 0.25) is 0 Å². The maximum Gasteiger partial charge on any atom is 0.0823 e. The average Bonchev–Trinajstić information content (AvgIpc) is 2.84. The molecule has 3 fully saturated rings. The summed E-state index contributed by atoms with van der Waals surface area (Å²) in [5.41, 5.74) is 8.57. The molecule has 0 spiro atoms. The van der Waals surface area contributed by atoms with E-state index in [9.17, 15) is 0 Å². The predicted octanol–water partition coefficient (Wildman–Crippen LogP) is -0.827. The molecule has 0 aliphatic carbocycles. The first-order valence-corrected chi connectivity index (χ1v) is 13.5. The molecule has 3 aliphatic heterocycles. The second kappa shape index (κ2) is 14.5. The minimum atomic E-state index is -0.301. The maximum atomic E-state index is 6.69. The Morgan fingerprint density at radius 1 is 0.800 bits per heavy atom. The van der Waals surface area contributed by atoms with Gasteiger partial charge in [0.2, 0.25) is 0 Å². The highest BCUT2D eigenvalue weighted by Crippen LogP contribution is 2.13. The Labute approximate surface area is 216 Å². The maximum absolute atomic E-state index is 6.69. The lowest BCUT2D eigenvalue weighted by Crippen LogP contribution is -2.66. The first kappa shape index (κ1) is 28.4. The number of thiocarbonyl (C=S) groups is 1. The van der Waals surface area contributed by atoms with Gasteiger partial charge in [0.25, 0.3) is 0 Å². The van der Waals surface area contributed by atoms with E-state index in [1.165, 1.54) is 5.56 Å². The van der Waals surface area contributed by atoms with E-state index >= 15 is 0 Å². The Morgan fingerprint density at radius 3 is 1.66 bits per heavy atom. The molecule has 9 nitrogen and oxygen atoms in total. The lowest BCUT2D eigenvalue weighted by Gasteiger charge is -2.37. The molecule has 1 aromatic rings. The van der Waals surface area contributed by atoms with Gasteiger partial charge in [-0.25, -0.2) is 0 Å². The SMILES string of the molecule is CC(C)C(=S)Nc1ccc(CNC23CNCCNCC(N)(CNCCNC2)CNCCNC3)cc1. The lowest BCUT2D eigenvalue weighted by atomic mass is 9.97. The molecule has 0 aromatic heterocycles. The van der Waals surface area contributed by atoms with Crippen LogP contribution in [0.25, 0.3) is 0 Å². The van der Waals surface area contributed by atoms with Crippen molar-refractivity contribution in [3.05, 3.63) is 29.8 Å². The molecule has 3 heterocycles. The van der Waals surface area contributed by atoms with Crippen LogP contribution in [0.3, 0.4) is 0 Å². The van der Waals surface area contributed by atoms with Crippen molar-refractivity contribution in [2.24, 2.45) is 11.7 Å². The monoisotopic (exact) mass is 505 g/mol. The third-order valence-electron chi connectivity index (χ3n) is 6.67. The Kier molecular flexibility index (Phi) is 11.8. The second-order valence-electron chi connectivity index (χ2n) is 10.4. The molecule has 4 rings (SSSR count). The van der Waals surface area contributed by atoms with Gasteiger partial charge >= 0.3 is 0 Å². The quantitative estimate of drug-likeness (QED) is 0.235. The van der Waals surface area contributed by atoms with Gasteiger partial charge in [-0.3, -0.25) is 0 Å². The van der Waals surface area contributed by atoms with Crippen molar-refractivity contribution in [3.63, 3.8) is 0 Å². The zero-order valence-corrected chi connectivity index (χ0v) is 22.4. The zero-order valence-electron chi connectivity index (χ0n) is 21.6. The van der Waals surface area contributed by atoms with E-state index in [0.29, 0.717) is 5.92 Å². The van der Waals surface area contributed by atoms with Crippen LogP contribution in [0.1, 0.15) is 19.4 Å². The van der Waals surface area contributed by atoms with Gasteiger partial charge in [-0.15, -0.1) is 0 Å². The normalized spacial score (nSPS) is 27.8. The molecule has 0 saturated carbocycles. The van der Waals surface area contributed by atoms with E-state index in [-0.39, 0.29) is 11.1 Å². The summed E-state index contributed by atoms with van der Waals surface area (Å²) in [6.45, 7) is 15.3. The fourth-order valence-corrected chi connectivity index (χ4v) is 4.49. The lowest BCUT2D eigenvalue weighted by molar-refractivity contribution is 0.269. The highest BCUT2D eigenvalue weighted by molar-refractivity contribution is 7.80. The Balaban J connectivity index is 1.66. The molecular formula is C25H47N9S. The van der Waals surface area contributed by atoms with Gasteiger partial charge in [0, 0.05) is 96.7 Å². The van der Waals surface area contributed by atoms with Crippen molar-refractivity contribution in [1.82, 2.24) is 37.2 Å². The van der Waals surface area contributed by atoms with Gasteiger partial charge in [-0.2, -0.15) is 0 Å². The first-order valence-electron chi connectivity index (χ1n) is 13.1. The number of anilines is 1. The number of hydrogen-bond acceptors (Lipinski definition) is 9. The van der Waals surface area contributed by atoms with Gasteiger partial charge < -0.3 is 48.3 Å². The number of rotatable bonds is 5. The van der Waals surface area contributed by atoms with E-state index in [2.05, 4.69) is 80.6 Å². The smallest absolute Gasteiger partial charge is 0.0823 e. The van der Waals surface area contributed by atoms with E-state index in [0.717, 1.165) is 95.8 Å². The molecular weight excluding hydrogens is 458 g/mol. The molecule has 0 atom stereocenters. The van der Waals surface area contributed by atoms with Crippen LogP contribution in [-0.4, -0.2) is 94.6 Å². The largest absolute Gasteiger partial charge is 0.350 e. The van der Waals surface area contributed by atoms with Crippen LogP contribution in [0.5, 0.6) is 0 Å². The molecule has 35 heavy (non-hydrogen) atoms. The molecule has 10 heteroatoms. The van der Waals surface area contributed by atoms with Gasteiger partial charge in [0.1, 0.15) is 0 Å². The number of benzene rings is 1. The van der Waals surface area contributed by atoms with E-state index in [1.807, 2.05) is 0 Å². The standard InChI is InChI=1S/C25H47N9S/c1-20(2)23(35)34-22-5-3-21(4-6-22)13-33-25-17-30-10-7-27-14-24(26,15-28-8-11-31-18-25)16-29-9-12-32-19-25/h3-6,20,27-33H,7-19,26H2,1-2H3,(H,34,35). The molecule has 3 saturated heterocycles. The third kappa shape index (κ3) is 9.99. The Morgan fingerprint density at radius 2 is 1.23 bits per heavy atom. The third-order valence-corrected chi connectivity index (χ3v) is 7.24. The van der Waals surface area contributed by atoms with Crippen molar-refractivity contribution < 1.29 is 0 Å². The second-order valence-corrected chi connectivity index (χ2v) is 10.8. The van der Waals surface area contributed by atoms with Crippen LogP contribution >= 0.6 is 12.2 Å². The molecule has 0 radical (unpaired) electrons. The Bertz CT molecular complexity index is 712. The molecule has 2 bridgehead atoms. The van der Waals surface area contributed by atoms with Crippen molar-refractivity contribution in [1.29, 1.82) is 0 Å². The summed E-state index contributed by atoms with van der Waals surface area (Å²) >= 11 is 5.43. The summed E-state index contributed by atoms with van der Waals surface area (Å²) in [7, 11) is 0. The minimum Gasteiger partial charge on any atom is -0.350 e. The first-order chi connectivity index (χ1) is 16.9. The van der Waals surface area contributed by atoms with Crippen molar-refractivity contribution in [2.75, 3.05) is 83.9 Å². The summed E-state index contributed by atoms with van der Waals surface area (Å²) < 4.78 is 0. The summed E-state index contributed by atoms with van der Waals surface area (Å²) in [6, 6.07) is 8.57. The van der Waals surface area contributed by atoms with Gasteiger partial charge in [0.05, 0.1) is 16.1 Å². The van der Waals surface area contributed by atoms with Crippen LogP contribution in [0.4, 0.5) is 5.69 Å². The summed E-state index contributed by atoms with van der Waals surface area (Å²) in [6.07, 6.45) is 0. The van der Waals surface area contributed by atoms with Crippen molar-refractivity contribution in [2.45, 2.75) is 31.5 Å². The number of nitrogens with two attached hydrogens (primary N) is 1. The van der Waals surface area contributed by atoms with E-state index in [1.54, 1.807) is 0 Å². The predicted molar refractivity (Wildman–Crippen MR) is 151 cm³/mol. The summed E-state index contributed by atoms with van der Waals surface area (Å²) in [5, 5.41) is 28.9. The van der Waals surface area contributed by atoms with Gasteiger partial charge in [-0.05, 0) is 17.7 Å². The van der Waals surface area contributed by atoms with Crippen LogP contribution < -0.4 is 48.3 Å². The number of nitrogens with one attached hydrogen (secondary N) is 8. The fraction of sp³-hybridized carbons (Fsp3) is 0.720. The Hall–Kier alpha value is -1.21. The van der Waals surface area contributed by atoms with Crippen LogP contribution in [0, 0.1) is 5.92 Å². The fourth-order valence-electron chi connectivity index (χ4n) is 4.37. The van der Waals surface area contributed by atoms with E-state index < -0.39 is 0 Å². The van der Waals surface area contributed by atoms with Gasteiger partial charge in [0.15, 0.2) is 0 Å². The molecule has 0 amide bonds. The molecule has 0 unspecified atom stereocenters. The highest BCUT2D eigenvalue weighted by Gasteiger charge is 2.30. The van der Waals surface area contributed by atoms with Crippen LogP contribution in [-0.2, 0) is 6.54 Å². The molecule has 3 aliphatic rings. The number of hydrogen-bond donors (Lipinski definition) is 9. The number of fused-ring (bicyclic) bond motifs is 15. The average molecular weight is 506 g/mol. The van der Waals surface area contributed by atoms with E-state index in [4.69, 9.17) is 18.0 Å². The molecule has 198 valence electrons. The minimum absolute atomic E-state index is 0.123. The van der Waals surface area contributed by atoms with Gasteiger partial charge in [-0.1, -0.05) is 38.2 Å². The highest BCUT2D eigenvalue weighted by atomic mass is 32.1. The van der Waals surface area contributed by atoms with Crippen molar-refractivity contribution >= 4 is 22.9 Å². The topological polar surface area (TPSA) is 122 Å². The summed E-state index contributed by atoms with van der Waals surface area (Å²) in [5.74, 6) is 0.334. The van der Waals surface area contributed by atoms with Crippen molar-refractivity contribution in [3.8, 4) is 0 Å². The molecule has 10 N–H and O–H groups in total. The zero-order chi connectivity index (χ0) is 25.0.